The standard InChI is InChI=1S/C27H40Br2N2O5Si/c1-26(2,3)35-25(33)31-16-23(36-37(7,8)27(4,5)6)18-14-19(28)24(20(29)15-18)34-22-13-17(11-12-30)9-10-21(22)32/h9-10,13-15,23,32H,11-12,16,30H2,1-8H3,(H,31,33)/t23-/m1/s1. The molecule has 0 unspecified atom stereocenters. The maximum atomic E-state index is 12.4. The van der Waals surface area contributed by atoms with Gasteiger partial charge in [0, 0.05) is 0 Å². The van der Waals surface area contributed by atoms with Crippen molar-refractivity contribution < 1.29 is 23.8 Å². The summed E-state index contributed by atoms with van der Waals surface area (Å²) < 4.78 is 19.6. The lowest BCUT2D eigenvalue weighted by molar-refractivity contribution is 0.0496. The Morgan fingerprint density at radius 1 is 1.08 bits per heavy atom. The van der Waals surface area contributed by atoms with Crippen LogP contribution < -0.4 is 15.8 Å². The SMILES string of the molecule is CC(C)(C)OC(=O)NC[C@@H](O[Si](C)(C)C(C)(C)C)c1cc(Br)c(Oc2cc(CCN)ccc2O)c(Br)c1. The molecule has 4 N–H and O–H groups in total. The minimum absolute atomic E-state index is 0.0270. The van der Waals surface area contributed by atoms with E-state index >= 15 is 0 Å². The molecule has 0 saturated carbocycles. The first-order valence-corrected chi connectivity index (χ1v) is 16.8. The van der Waals surface area contributed by atoms with Gasteiger partial charge in [0.25, 0.3) is 0 Å². The van der Waals surface area contributed by atoms with Crippen LogP contribution in [0.25, 0.3) is 0 Å². The number of phenols is 1. The molecule has 0 spiro atoms. The van der Waals surface area contributed by atoms with Gasteiger partial charge in [-0.1, -0.05) is 26.8 Å². The van der Waals surface area contributed by atoms with Crippen molar-refractivity contribution in [2.75, 3.05) is 13.1 Å². The Hall–Kier alpha value is -1.59. The quantitative estimate of drug-likeness (QED) is 0.237. The lowest BCUT2D eigenvalue weighted by Gasteiger charge is -2.39. The largest absolute Gasteiger partial charge is 0.504 e. The van der Waals surface area contributed by atoms with E-state index in [1.807, 2.05) is 39.0 Å². The average molecular weight is 661 g/mol. The Bertz CT molecular complexity index is 1070. The van der Waals surface area contributed by atoms with Crippen LogP contribution in [0.4, 0.5) is 4.79 Å². The minimum atomic E-state index is -2.20. The highest BCUT2D eigenvalue weighted by Gasteiger charge is 2.40. The van der Waals surface area contributed by atoms with Gasteiger partial charge in [-0.3, -0.25) is 0 Å². The number of rotatable bonds is 9. The second kappa shape index (κ2) is 12.5. The van der Waals surface area contributed by atoms with Crippen molar-refractivity contribution in [2.45, 2.75) is 77.8 Å². The predicted molar refractivity (Wildman–Crippen MR) is 158 cm³/mol. The smallest absolute Gasteiger partial charge is 0.407 e. The summed E-state index contributed by atoms with van der Waals surface area (Å²) in [6.07, 6.45) is -0.242. The van der Waals surface area contributed by atoms with Gasteiger partial charge in [-0.15, -0.1) is 0 Å². The summed E-state index contributed by atoms with van der Waals surface area (Å²) in [4.78, 5) is 12.4. The van der Waals surface area contributed by atoms with Gasteiger partial charge in [-0.25, -0.2) is 4.79 Å². The summed E-state index contributed by atoms with van der Waals surface area (Å²) in [6.45, 7) is 17.1. The number of nitrogens with one attached hydrogen (secondary N) is 1. The monoisotopic (exact) mass is 658 g/mol. The van der Waals surface area contributed by atoms with Crippen LogP contribution in [0.2, 0.25) is 18.1 Å². The van der Waals surface area contributed by atoms with Gasteiger partial charge in [0.2, 0.25) is 0 Å². The summed E-state index contributed by atoms with van der Waals surface area (Å²) in [7, 11) is -2.20. The Kier molecular flexibility index (Phi) is 10.7. The number of hydrogen-bond donors (Lipinski definition) is 3. The predicted octanol–water partition coefficient (Wildman–Crippen LogP) is 7.80. The minimum Gasteiger partial charge on any atom is -0.504 e. The molecule has 206 valence electrons. The number of ether oxygens (including phenoxy) is 2. The zero-order valence-electron chi connectivity index (χ0n) is 23.0. The zero-order chi connectivity index (χ0) is 28.2. The molecule has 10 heteroatoms. The third-order valence-electron chi connectivity index (χ3n) is 6.14. The molecule has 0 fully saturated rings. The molecular weight excluding hydrogens is 620 g/mol. The van der Waals surface area contributed by atoms with Crippen molar-refractivity contribution >= 4 is 46.3 Å². The fraction of sp³-hybridized carbons (Fsp3) is 0.519. The number of amides is 1. The molecular formula is C27H40Br2N2O5Si. The van der Waals surface area contributed by atoms with Crippen molar-refractivity contribution in [2.24, 2.45) is 5.73 Å². The van der Waals surface area contributed by atoms with Crippen LogP contribution in [-0.4, -0.2) is 38.2 Å². The van der Waals surface area contributed by atoms with E-state index in [1.54, 1.807) is 12.1 Å². The van der Waals surface area contributed by atoms with Crippen LogP contribution >= 0.6 is 31.9 Å². The highest BCUT2D eigenvalue weighted by atomic mass is 79.9. The van der Waals surface area contributed by atoms with Gasteiger partial charge in [0.05, 0.1) is 21.6 Å². The van der Waals surface area contributed by atoms with Crippen LogP contribution in [0.5, 0.6) is 17.2 Å². The fourth-order valence-electron chi connectivity index (χ4n) is 3.19. The van der Waals surface area contributed by atoms with Crippen molar-refractivity contribution in [3.63, 3.8) is 0 Å². The summed E-state index contributed by atoms with van der Waals surface area (Å²) in [5.41, 5.74) is 6.90. The van der Waals surface area contributed by atoms with E-state index in [4.69, 9.17) is 19.6 Å². The van der Waals surface area contributed by atoms with Gasteiger partial charge < -0.3 is 30.1 Å². The van der Waals surface area contributed by atoms with Crippen LogP contribution in [0.15, 0.2) is 39.3 Å². The average Bonchev–Trinajstić information content (AvgIpc) is 2.73. The Labute approximate surface area is 238 Å². The van der Waals surface area contributed by atoms with Gasteiger partial charge in [-0.2, -0.15) is 0 Å². The molecule has 7 nitrogen and oxygen atoms in total. The molecule has 0 aliphatic rings. The molecule has 0 bridgehead atoms. The number of benzene rings is 2. The van der Waals surface area contributed by atoms with E-state index in [-0.39, 0.29) is 17.3 Å². The lowest BCUT2D eigenvalue weighted by atomic mass is 10.1. The number of carbonyl (C=O) groups excluding carboxylic acids is 1. The van der Waals surface area contributed by atoms with Crippen molar-refractivity contribution in [3.8, 4) is 17.2 Å². The summed E-state index contributed by atoms with van der Waals surface area (Å²) in [5.74, 6) is 0.875. The number of aromatic hydroxyl groups is 1. The molecule has 0 aliphatic carbocycles. The summed E-state index contributed by atoms with van der Waals surface area (Å²) in [6, 6.07) is 9.03. The Morgan fingerprint density at radius 2 is 1.68 bits per heavy atom. The highest BCUT2D eigenvalue weighted by molar-refractivity contribution is 9.11. The number of hydrogen-bond acceptors (Lipinski definition) is 6. The van der Waals surface area contributed by atoms with Gasteiger partial charge in [0.1, 0.15) is 5.60 Å². The van der Waals surface area contributed by atoms with Gasteiger partial charge in [0.15, 0.2) is 25.6 Å². The van der Waals surface area contributed by atoms with E-state index in [0.29, 0.717) is 33.4 Å². The van der Waals surface area contributed by atoms with Crippen molar-refractivity contribution in [3.05, 3.63) is 50.4 Å². The number of halogens is 2. The molecule has 0 aliphatic heterocycles. The van der Waals surface area contributed by atoms with E-state index in [1.165, 1.54) is 0 Å². The molecule has 1 amide bonds. The van der Waals surface area contributed by atoms with Crippen LogP contribution in [0.3, 0.4) is 0 Å². The Balaban J connectivity index is 2.39. The molecule has 37 heavy (non-hydrogen) atoms. The van der Waals surface area contributed by atoms with Gasteiger partial charge in [-0.05, 0) is 119 Å². The third-order valence-corrected chi connectivity index (χ3v) is 11.8. The first-order chi connectivity index (χ1) is 16.9. The molecule has 2 aromatic carbocycles. The first kappa shape index (κ1) is 31.6. The first-order valence-electron chi connectivity index (χ1n) is 12.3. The number of nitrogens with two attached hydrogens (primary N) is 1. The fourth-order valence-corrected chi connectivity index (χ4v) is 5.85. The maximum absolute atomic E-state index is 12.4. The van der Waals surface area contributed by atoms with Crippen molar-refractivity contribution in [1.82, 2.24) is 5.32 Å². The van der Waals surface area contributed by atoms with E-state index in [2.05, 4.69) is 71.0 Å². The topological polar surface area (TPSA) is 103 Å². The van der Waals surface area contributed by atoms with Crippen LogP contribution in [0.1, 0.15) is 58.8 Å². The molecule has 1 atom stereocenters. The molecule has 2 rings (SSSR count). The molecule has 0 radical (unpaired) electrons. The van der Waals surface area contributed by atoms with Gasteiger partial charge >= 0.3 is 6.09 Å². The number of alkyl carbamates (subject to hydrolysis) is 1. The second-order valence-corrected chi connectivity index (χ2v) is 18.0. The van der Waals surface area contributed by atoms with E-state index in [9.17, 15) is 9.90 Å². The zero-order valence-corrected chi connectivity index (χ0v) is 27.2. The highest BCUT2D eigenvalue weighted by Crippen LogP contribution is 2.44. The van der Waals surface area contributed by atoms with E-state index < -0.39 is 26.1 Å². The van der Waals surface area contributed by atoms with E-state index in [0.717, 1.165) is 11.1 Å². The Morgan fingerprint density at radius 3 is 2.19 bits per heavy atom. The molecule has 2 aromatic rings. The maximum Gasteiger partial charge on any atom is 0.407 e. The summed E-state index contributed by atoms with van der Waals surface area (Å²) in [5, 5.41) is 13.2. The number of phenolic OH excluding ortho intramolecular Hbond substituents is 1. The third kappa shape index (κ3) is 9.28. The molecule has 0 saturated heterocycles. The van der Waals surface area contributed by atoms with Crippen LogP contribution in [0, 0.1) is 0 Å². The van der Waals surface area contributed by atoms with Crippen molar-refractivity contribution in [1.29, 1.82) is 0 Å². The van der Waals surface area contributed by atoms with Crippen LogP contribution in [-0.2, 0) is 15.6 Å². The summed E-state index contributed by atoms with van der Waals surface area (Å²) >= 11 is 7.25. The second-order valence-electron chi connectivity index (χ2n) is 11.5. The number of carbonyl (C=O) groups is 1. The normalized spacial score (nSPS) is 13.3. The molecule has 0 aromatic heterocycles. The lowest BCUT2D eigenvalue weighted by Crippen LogP contribution is -2.44. The molecule has 0 heterocycles.